The molecule has 0 unspecified atom stereocenters. The zero-order valence-corrected chi connectivity index (χ0v) is 17.1. The Hall–Kier alpha value is -3.45. The van der Waals surface area contributed by atoms with Gasteiger partial charge in [-0.1, -0.05) is 18.2 Å². The number of carbonyl (C=O) groups excluding carboxylic acids is 1. The zero-order valence-electron chi connectivity index (χ0n) is 17.1. The third-order valence-electron chi connectivity index (χ3n) is 6.28. The maximum Gasteiger partial charge on any atom is 0.272 e. The predicted molar refractivity (Wildman–Crippen MR) is 122 cm³/mol. The molecule has 2 heterocycles. The molecule has 31 heavy (non-hydrogen) atoms. The van der Waals surface area contributed by atoms with Crippen LogP contribution in [-0.2, 0) is 0 Å². The van der Waals surface area contributed by atoms with Crippen LogP contribution in [0.15, 0.2) is 48.7 Å². The number of amides is 1. The fourth-order valence-corrected chi connectivity index (χ4v) is 4.41. The lowest BCUT2D eigenvalue weighted by molar-refractivity contribution is 0.0907. The zero-order chi connectivity index (χ0) is 21.4. The average molecular weight is 415 g/mol. The molecule has 0 bridgehead atoms. The minimum absolute atomic E-state index is 0.179. The van der Waals surface area contributed by atoms with Crippen molar-refractivity contribution in [2.24, 2.45) is 5.92 Å². The molecule has 1 aliphatic carbocycles. The maximum absolute atomic E-state index is 12.8. The predicted octanol–water partition coefficient (Wildman–Crippen LogP) is 3.64. The Bertz CT molecular complexity index is 1260. The molecule has 0 aliphatic heterocycles. The molecule has 5 rings (SSSR count). The van der Waals surface area contributed by atoms with Crippen molar-refractivity contribution in [2.75, 3.05) is 12.3 Å². The number of aromatic amines is 1. The smallest absolute Gasteiger partial charge is 0.272 e. The van der Waals surface area contributed by atoms with Crippen LogP contribution in [0, 0.1) is 5.92 Å². The van der Waals surface area contributed by atoms with Gasteiger partial charge in [0.25, 0.3) is 5.91 Å². The summed E-state index contributed by atoms with van der Waals surface area (Å²) in [5.41, 5.74) is 9.25. The second-order valence-electron chi connectivity index (χ2n) is 8.35. The van der Waals surface area contributed by atoms with E-state index >= 15 is 0 Å². The largest absolute Gasteiger partial charge is 0.393 e. The summed E-state index contributed by atoms with van der Waals surface area (Å²) in [4.78, 5) is 17.0. The molecule has 4 aromatic rings. The lowest BCUT2D eigenvalue weighted by Gasteiger charge is -2.25. The van der Waals surface area contributed by atoms with Gasteiger partial charge in [0, 0.05) is 23.5 Å². The number of hydrogen-bond acceptors (Lipinski definition) is 5. The highest BCUT2D eigenvalue weighted by molar-refractivity contribution is 6.06. The molecule has 5 N–H and O–H groups in total. The number of carbonyl (C=O) groups is 1. The summed E-state index contributed by atoms with van der Waals surface area (Å²) in [6, 6.07) is 14.0. The maximum atomic E-state index is 12.8. The Kier molecular flexibility index (Phi) is 5.03. The second kappa shape index (κ2) is 8.00. The number of H-pyrrole nitrogens is 1. The first-order valence-corrected chi connectivity index (χ1v) is 10.7. The lowest BCUT2D eigenvalue weighted by atomic mass is 9.87. The first-order valence-electron chi connectivity index (χ1n) is 10.7. The van der Waals surface area contributed by atoms with Crippen molar-refractivity contribution >= 4 is 33.4 Å². The molecule has 1 amide bonds. The van der Waals surface area contributed by atoms with E-state index in [1.54, 1.807) is 6.20 Å². The number of fused-ring (bicyclic) bond motifs is 2. The quantitative estimate of drug-likeness (QED) is 0.406. The highest BCUT2D eigenvalue weighted by atomic mass is 16.3. The number of aliphatic hydroxyl groups is 1. The van der Waals surface area contributed by atoms with Gasteiger partial charge < -0.3 is 16.2 Å². The fraction of sp³-hybridized carbons (Fsp3) is 0.292. The highest BCUT2D eigenvalue weighted by Crippen LogP contribution is 2.30. The van der Waals surface area contributed by atoms with Crippen LogP contribution in [0.5, 0.6) is 0 Å². The molecular formula is C24H25N5O2. The van der Waals surface area contributed by atoms with Gasteiger partial charge in [-0.05, 0) is 72.4 Å². The molecule has 158 valence electrons. The number of aliphatic hydroxyl groups excluding tert-OH is 1. The van der Waals surface area contributed by atoms with Gasteiger partial charge in [-0.3, -0.25) is 9.89 Å². The van der Waals surface area contributed by atoms with Crippen LogP contribution in [0.1, 0.15) is 36.2 Å². The van der Waals surface area contributed by atoms with Crippen LogP contribution in [-0.4, -0.2) is 38.8 Å². The summed E-state index contributed by atoms with van der Waals surface area (Å²) in [7, 11) is 0. The normalized spacial score (nSPS) is 19.0. The van der Waals surface area contributed by atoms with Crippen molar-refractivity contribution in [2.45, 2.75) is 31.8 Å². The molecule has 2 aromatic heterocycles. The fourth-order valence-electron chi connectivity index (χ4n) is 4.41. The third kappa shape index (κ3) is 3.84. The lowest BCUT2D eigenvalue weighted by Crippen LogP contribution is -2.32. The topological polar surface area (TPSA) is 117 Å². The molecule has 1 aliphatic rings. The molecule has 0 saturated heterocycles. The van der Waals surface area contributed by atoms with Gasteiger partial charge >= 0.3 is 0 Å². The van der Waals surface area contributed by atoms with Crippen molar-refractivity contribution in [1.82, 2.24) is 20.5 Å². The summed E-state index contributed by atoms with van der Waals surface area (Å²) in [6.45, 7) is 0.608. The van der Waals surface area contributed by atoms with Crippen molar-refractivity contribution in [3.63, 3.8) is 0 Å². The Morgan fingerprint density at radius 3 is 2.61 bits per heavy atom. The van der Waals surface area contributed by atoms with Crippen LogP contribution in [0.2, 0.25) is 0 Å². The van der Waals surface area contributed by atoms with Crippen LogP contribution < -0.4 is 11.1 Å². The Morgan fingerprint density at radius 2 is 1.81 bits per heavy atom. The summed E-state index contributed by atoms with van der Waals surface area (Å²) in [5, 5.41) is 22.6. The SMILES string of the molecule is Nc1nccc2ccc(-c3ccc4[nH]nc(C(=O)NC[C@H]5CC[C@@H](O)CC5)c4c3)cc12. The summed E-state index contributed by atoms with van der Waals surface area (Å²) in [6.07, 6.45) is 5.00. The van der Waals surface area contributed by atoms with Crippen molar-refractivity contribution < 1.29 is 9.90 Å². The third-order valence-corrected chi connectivity index (χ3v) is 6.28. The first-order chi connectivity index (χ1) is 15.1. The van der Waals surface area contributed by atoms with Crippen molar-refractivity contribution in [3.05, 3.63) is 54.4 Å². The number of benzene rings is 2. The minimum atomic E-state index is -0.193. The number of nitrogens with two attached hydrogens (primary N) is 1. The minimum Gasteiger partial charge on any atom is -0.393 e. The Morgan fingerprint density at radius 1 is 1.06 bits per heavy atom. The van der Waals surface area contributed by atoms with Gasteiger partial charge in [-0.15, -0.1) is 0 Å². The number of nitrogen functional groups attached to an aromatic ring is 1. The van der Waals surface area contributed by atoms with Gasteiger partial charge in [0.05, 0.1) is 11.6 Å². The molecule has 0 radical (unpaired) electrons. The van der Waals surface area contributed by atoms with E-state index in [-0.39, 0.29) is 12.0 Å². The molecule has 7 nitrogen and oxygen atoms in total. The number of aromatic nitrogens is 3. The molecule has 0 spiro atoms. The van der Waals surface area contributed by atoms with E-state index in [0.29, 0.717) is 24.0 Å². The molecule has 1 fully saturated rings. The van der Waals surface area contributed by atoms with E-state index in [9.17, 15) is 9.90 Å². The average Bonchev–Trinajstić information content (AvgIpc) is 3.22. The Labute approximate surface area is 179 Å². The van der Waals surface area contributed by atoms with Gasteiger partial charge in [0.1, 0.15) is 5.82 Å². The summed E-state index contributed by atoms with van der Waals surface area (Å²) in [5.74, 6) is 0.727. The van der Waals surface area contributed by atoms with E-state index in [4.69, 9.17) is 5.73 Å². The number of nitrogens with one attached hydrogen (secondary N) is 2. The van der Waals surface area contributed by atoms with Gasteiger partial charge in [-0.2, -0.15) is 5.10 Å². The number of anilines is 1. The van der Waals surface area contributed by atoms with E-state index in [1.807, 2.05) is 42.5 Å². The van der Waals surface area contributed by atoms with Gasteiger partial charge in [0.15, 0.2) is 5.69 Å². The van der Waals surface area contributed by atoms with E-state index < -0.39 is 0 Å². The monoisotopic (exact) mass is 415 g/mol. The van der Waals surface area contributed by atoms with Gasteiger partial charge in [0.2, 0.25) is 0 Å². The standard InChI is InChI=1S/C24H25N5O2/c25-23-19-11-16(4-3-15(19)9-10-26-23)17-5-8-21-20(12-17)22(29-28-21)24(31)27-13-14-1-6-18(30)7-2-14/h3-5,8-12,14,18,30H,1-2,6-7,13H2,(H2,25,26)(H,27,31)(H,28,29)/t14-,18+. The highest BCUT2D eigenvalue weighted by Gasteiger charge is 2.21. The van der Waals surface area contributed by atoms with E-state index in [1.165, 1.54) is 0 Å². The van der Waals surface area contributed by atoms with Gasteiger partial charge in [-0.25, -0.2) is 4.98 Å². The Balaban J connectivity index is 1.41. The summed E-state index contributed by atoms with van der Waals surface area (Å²) < 4.78 is 0. The van der Waals surface area contributed by atoms with E-state index in [0.717, 1.165) is 58.5 Å². The molecule has 1 saturated carbocycles. The van der Waals surface area contributed by atoms with Crippen molar-refractivity contribution in [1.29, 1.82) is 0 Å². The van der Waals surface area contributed by atoms with Crippen LogP contribution in [0.4, 0.5) is 5.82 Å². The molecular weight excluding hydrogens is 390 g/mol. The van der Waals surface area contributed by atoms with Crippen LogP contribution in [0.25, 0.3) is 32.8 Å². The molecule has 2 aromatic carbocycles. The molecule has 0 atom stereocenters. The second-order valence-corrected chi connectivity index (χ2v) is 8.35. The number of rotatable bonds is 4. The summed E-state index contributed by atoms with van der Waals surface area (Å²) >= 11 is 0. The first kappa shape index (κ1) is 19.5. The molecule has 7 heteroatoms. The van der Waals surface area contributed by atoms with E-state index in [2.05, 4.69) is 20.5 Å². The number of pyridine rings is 1. The van der Waals surface area contributed by atoms with Crippen LogP contribution >= 0.6 is 0 Å². The van der Waals surface area contributed by atoms with Crippen LogP contribution in [0.3, 0.4) is 0 Å². The number of nitrogens with zero attached hydrogens (tertiary/aromatic N) is 2. The van der Waals surface area contributed by atoms with Crippen molar-refractivity contribution in [3.8, 4) is 11.1 Å². The number of hydrogen-bond donors (Lipinski definition) is 4.